The van der Waals surface area contributed by atoms with Gasteiger partial charge in [-0.05, 0) is 18.6 Å². The zero-order chi connectivity index (χ0) is 15.6. The number of sulfone groups is 2. The Kier molecular flexibility index (Phi) is 5.11. The quantitative estimate of drug-likeness (QED) is 0.439. The molecule has 0 fully saturated rings. The van der Waals surface area contributed by atoms with Gasteiger partial charge in [-0.1, -0.05) is 0 Å². The number of rotatable bonds is 6. The maximum Gasteiger partial charge on any atom is 0.289 e. The van der Waals surface area contributed by atoms with Crippen LogP contribution < -0.4 is 0 Å². The van der Waals surface area contributed by atoms with Crippen LogP contribution in [0.2, 0.25) is 0 Å². The number of alkyl halides is 1. The van der Waals surface area contributed by atoms with Crippen molar-refractivity contribution < 1.29 is 21.8 Å². The highest BCUT2D eigenvalue weighted by Gasteiger charge is 2.27. The molecule has 7 nitrogen and oxygen atoms in total. The number of hydrogen-bond donors (Lipinski definition) is 0. The number of nitrogens with zero attached hydrogens (tertiary/aromatic N) is 1. The van der Waals surface area contributed by atoms with Gasteiger partial charge < -0.3 is 0 Å². The molecule has 1 aromatic carbocycles. The number of halogens is 1. The van der Waals surface area contributed by atoms with Crippen LogP contribution in [-0.2, 0) is 19.7 Å². The lowest BCUT2D eigenvalue weighted by Crippen LogP contribution is -2.11. The third kappa shape index (κ3) is 3.90. The van der Waals surface area contributed by atoms with Crippen LogP contribution in [0.5, 0.6) is 0 Å². The topological polar surface area (TPSA) is 111 Å². The highest BCUT2D eigenvalue weighted by molar-refractivity contribution is 7.91. The molecule has 10 heteroatoms. The summed E-state index contributed by atoms with van der Waals surface area (Å²) in [6.07, 6.45) is 1.03. The van der Waals surface area contributed by atoms with Crippen LogP contribution in [0.25, 0.3) is 0 Å². The van der Waals surface area contributed by atoms with Gasteiger partial charge in [-0.25, -0.2) is 16.8 Å². The summed E-state index contributed by atoms with van der Waals surface area (Å²) in [6, 6.07) is 2.73. The highest BCUT2D eigenvalue weighted by Crippen LogP contribution is 2.28. The Morgan fingerprint density at radius 2 is 1.85 bits per heavy atom. The zero-order valence-electron chi connectivity index (χ0n) is 10.4. The maximum absolute atomic E-state index is 12.0. The zero-order valence-corrected chi connectivity index (χ0v) is 12.8. The molecule has 0 aromatic heterocycles. The first kappa shape index (κ1) is 16.9. The van der Waals surface area contributed by atoms with Gasteiger partial charge in [0.2, 0.25) is 0 Å². The van der Waals surface area contributed by atoms with Crippen molar-refractivity contribution in [3.05, 3.63) is 28.3 Å². The molecule has 0 saturated heterocycles. The minimum atomic E-state index is -3.88. The summed E-state index contributed by atoms with van der Waals surface area (Å²) >= 11 is 5.40. The SMILES string of the molecule is CS(=O)(=O)c1ccc(S(=O)(=O)CCCCl)c([N+](=O)[O-])c1. The molecular weight excluding hydrogens is 330 g/mol. The highest BCUT2D eigenvalue weighted by atomic mass is 35.5. The second-order valence-corrected chi connectivity index (χ2v) is 8.49. The maximum atomic E-state index is 12.0. The summed E-state index contributed by atoms with van der Waals surface area (Å²) in [6.45, 7) is 0. The van der Waals surface area contributed by atoms with E-state index < -0.39 is 35.2 Å². The fraction of sp³-hybridized carbons (Fsp3) is 0.400. The molecule has 20 heavy (non-hydrogen) atoms. The average molecular weight is 342 g/mol. The fourth-order valence-electron chi connectivity index (χ4n) is 1.49. The molecule has 0 heterocycles. The van der Waals surface area contributed by atoms with Crippen molar-refractivity contribution >= 4 is 37.0 Å². The summed E-state index contributed by atoms with van der Waals surface area (Å²) in [5.41, 5.74) is -0.748. The van der Waals surface area contributed by atoms with E-state index in [1.54, 1.807) is 0 Å². The number of nitro benzene ring substituents is 1. The van der Waals surface area contributed by atoms with Crippen LogP contribution in [0, 0.1) is 10.1 Å². The summed E-state index contributed by atoms with van der Waals surface area (Å²) in [5, 5.41) is 10.9. The minimum absolute atomic E-state index is 0.106. The smallest absolute Gasteiger partial charge is 0.258 e. The molecule has 0 bridgehead atoms. The lowest BCUT2D eigenvalue weighted by Gasteiger charge is -2.06. The van der Waals surface area contributed by atoms with Crippen molar-refractivity contribution in [1.29, 1.82) is 0 Å². The molecular formula is C10H12ClNO6S2. The average Bonchev–Trinajstić information content (AvgIpc) is 2.34. The second kappa shape index (κ2) is 6.06. The van der Waals surface area contributed by atoms with Crippen molar-refractivity contribution in [1.82, 2.24) is 0 Å². The molecule has 1 aromatic rings. The van der Waals surface area contributed by atoms with E-state index in [0.29, 0.717) is 0 Å². The van der Waals surface area contributed by atoms with Gasteiger partial charge in [0.05, 0.1) is 15.6 Å². The standard InChI is InChI=1S/C10H12ClNO6S2/c1-19(15,16)8-3-4-10(9(7-8)12(13)14)20(17,18)6-2-5-11/h3-4,7H,2,5-6H2,1H3. The van der Waals surface area contributed by atoms with Gasteiger partial charge >= 0.3 is 0 Å². The molecule has 0 N–H and O–H groups in total. The van der Waals surface area contributed by atoms with Gasteiger partial charge in [-0.3, -0.25) is 10.1 Å². The molecule has 0 radical (unpaired) electrons. The van der Waals surface area contributed by atoms with E-state index in [-0.39, 0.29) is 22.9 Å². The second-order valence-electron chi connectivity index (χ2n) is 4.02. The monoisotopic (exact) mass is 341 g/mol. The first-order valence-corrected chi connectivity index (χ1v) is 9.44. The lowest BCUT2D eigenvalue weighted by molar-refractivity contribution is -0.388. The fourth-order valence-corrected chi connectivity index (χ4v) is 3.89. The van der Waals surface area contributed by atoms with Crippen molar-refractivity contribution in [3.8, 4) is 0 Å². The predicted molar refractivity (Wildman–Crippen MR) is 73.6 cm³/mol. The largest absolute Gasteiger partial charge is 0.289 e. The first-order valence-electron chi connectivity index (χ1n) is 5.37. The molecule has 0 aliphatic heterocycles. The van der Waals surface area contributed by atoms with Crippen LogP contribution in [0.15, 0.2) is 28.0 Å². The first-order chi connectivity index (χ1) is 9.09. The molecule has 0 spiro atoms. The molecule has 0 atom stereocenters. The Hall–Kier alpha value is -1.19. The number of hydrogen-bond acceptors (Lipinski definition) is 6. The van der Waals surface area contributed by atoms with Gasteiger partial charge in [0.15, 0.2) is 19.7 Å². The molecule has 0 saturated carbocycles. The Morgan fingerprint density at radius 1 is 1.25 bits per heavy atom. The molecule has 0 aliphatic rings. The molecule has 1 rings (SSSR count). The van der Waals surface area contributed by atoms with Gasteiger partial charge in [0.25, 0.3) is 5.69 Å². The third-order valence-electron chi connectivity index (χ3n) is 2.44. The number of benzene rings is 1. The molecule has 0 aliphatic carbocycles. The van der Waals surface area contributed by atoms with Crippen molar-refractivity contribution in [3.63, 3.8) is 0 Å². The van der Waals surface area contributed by atoms with E-state index in [1.165, 1.54) is 0 Å². The van der Waals surface area contributed by atoms with E-state index in [4.69, 9.17) is 11.6 Å². The normalized spacial score (nSPS) is 12.3. The Labute approximate surface area is 121 Å². The van der Waals surface area contributed by atoms with Gasteiger partial charge in [-0.15, -0.1) is 11.6 Å². The van der Waals surface area contributed by atoms with E-state index >= 15 is 0 Å². The van der Waals surface area contributed by atoms with Crippen LogP contribution in [-0.4, -0.2) is 39.6 Å². The van der Waals surface area contributed by atoms with Crippen LogP contribution in [0.3, 0.4) is 0 Å². The third-order valence-corrected chi connectivity index (χ3v) is 5.66. The molecule has 0 unspecified atom stereocenters. The van der Waals surface area contributed by atoms with E-state index in [9.17, 15) is 26.9 Å². The van der Waals surface area contributed by atoms with Crippen molar-refractivity contribution in [2.24, 2.45) is 0 Å². The molecule has 0 amide bonds. The van der Waals surface area contributed by atoms with E-state index in [2.05, 4.69) is 0 Å². The lowest BCUT2D eigenvalue weighted by atomic mass is 10.3. The van der Waals surface area contributed by atoms with Crippen LogP contribution >= 0.6 is 11.6 Å². The summed E-state index contributed by atoms with van der Waals surface area (Å²) in [7, 11) is -7.54. The van der Waals surface area contributed by atoms with Gasteiger partial charge in [0.1, 0.15) is 4.90 Å². The summed E-state index contributed by atoms with van der Waals surface area (Å²) < 4.78 is 46.6. The van der Waals surface area contributed by atoms with Gasteiger partial charge in [0, 0.05) is 18.2 Å². The van der Waals surface area contributed by atoms with Gasteiger partial charge in [-0.2, -0.15) is 0 Å². The van der Waals surface area contributed by atoms with Crippen LogP contribution in [0.4, 0.5) is 5.69 Å². The van der Waals surface area contributed by atoms with Crippen molar-refractivity contribution in [2.75, 3.05) is 17.9 Å². The Morgan fingerprint density at radius 3 is 2.30 bits per heavy atom. The molecule has 112 valence electrons. The van der Waals surface area contributed by atoms with Crippen molar-refractivity contribution in [2.45, 2.75) is 16.2 Å². The Balaban J connectivity index is 3.46. The summed E-state index contributed by atoms with van der Waals surface area (Å²) in [4.78, 5) is 9.22. The van der Waals surface area contributed by atoms with Crippen LogP contribution in [0.1, 0.15) is 6.42 Å². The minimum Gasteiger partial charge on any atom is -0.258 e. The predicted octanol–water partition coefficient (Wildman–Crippen LogP) is 1.40. The summed E-state index contributed by atoms with van der Waals surface area (Å²) in [5.74, 6) is -0.232. The number of nitro groups is 1. The van der Waals surface area contributed by atoms with E-state index in [0.717, 1.165) is 24.5 Å². The van der Waals surface area contributed by atoms with E-state index in [1.807, 2.05) is 0 Å². The Bertz CT molecular complexity index is 726.